The van der Waals surface area contributed by atoms with E-state index >= 15 is 0 Å². The second-order valence-corrected chi connectivity index (χ2v) is 4.90. The van der Waals surface area contributed by atoms with Gasteiger partial charge in [-0.15, -0.1) is 0 Å². The highest BCUT2D eigenvalue weighted by molar-refractivity contribution is 5.79. The highest BCUT2D eigenvalue weighted by Gasteiger charge is 2.57. The Labute approximate surface area is 109 Å². The topological polar surface area (TPSA) is 46.5 Å². The van der Waals surface area contributed by atoms with Gasteiger partial charge < -0.3 is 9.84 Å². The standard InChI is InChI=1S/C15H22O3/c1-5-12(9-7-8-11(3)18-6-2)13-10-15(13,4)14(16)17/h5,7-9,11,13H,1,6,10H2,2-4H3,(H,16,17)/b8-7-,12-9+. The van der Waals surface area contributed by atoms with Crippen LogP contribution >= 0.6 is 0 Å². The number of carbonyl (C=O) groups is 1. The SMILES string of the molecule is C=C/C(=C\C=C/C(C)OCC)C1CC1(C)C(=O)O. The van der Waals surface area contributed by atoms with Crippen LogP contribution < -0.4 is 0 Å². The zero-order valence-corrected chi connectivity index (χ0v) is 11.3. The molecule has 3 nitrogen and oxygen atoms in total. The van der Waals surface area contributed by atoms with Crippen molar-refractivity contribution in [3.05, 3.63) is 36.5 Å². The molecule has 1 saturated carbocycles. The van der Waals surface area contributed by atoms with Crippen molar-refractivity contribution in [2.24, 2.45) is 11.3 Å². The summed E-state index contributed by atoms with van der Waals surface area (Å²) in [6.45, 7) is 10.1. The molecule has 3 heteroatoms. The molecule has 0 saturated heterocycles. The molecule has 3 atom stereocenters. The minimum absolute atomic E-state index is 0.0716. The molecule has 1 rings (SSSR count). The van der Waals surface area contributed by atoms with Crippen molar-refractivity contribution in [3.63, 3.8) is 0 Å². The van der Waals surface area contributed by atoms with Gasteiger partial charge >= 0.3 is 5.97 Å². The van der Waals surface area contributed by atoms with Crippen molar-refractivity contribution in [1.29, 1.82) is 0 Å². The maximum Gasteiger partial charge on any atom is 0.309 e. The Morgan fingerprint density at radius 1 is 1.67 bits per heavy atom. The van der Waals surface area contributed by atoms with Crippen LogP contribution in [0.5, 0.6) is 0 Å². The summed E-state index contributed by atoms with van der Waals surface area (Å²) in [5.41, 5.74) is 0.374. The van der Waals surface area contributed by atoms with Crippen molar-refractivity contribution in [3.8, 4) is 0 Å². The number of hydrogen-bond donors (Lipinski definition) is 1. The first-order valence-electron chi connectivity index (χ1n) is 6.31. The van der Waals surface area contributed by atoms with Crippen molar-refractivity contribution in [2.75, 3.05) is 6.61 Å². The highest BCUT2D eigenvalue weighted by Crippen LogP contribution is 2.56. The zero-order chi connectivity index (χ0) is 13.8. The molecular weight excluding hydrogens is 228 g/mol. The molecule has 0 aromatic rings. The molecule has 0 spiro atoms. The molecule has 1 aliphatic rings. The minimum atomic E-state index is -0.730. The lowest BCUT2D eigenvalue weighted by atomic mass is 10.0. The summed E-state index contributed by atoms with van der Waals surface area (Å²) in [7, 11) is 0. The fourth-order valence-electron chi connectivity index (χ4n) is 2.06. The van der Waals surface area contributed by atoms with E-state index in [9.17, 15) is 4.79 Å². The molecule has 3 unspecified atom stereocenters. The third kappa shape index (κ3) is 3.33. The van der Waals surface area contributed by atoms with Crippen molar-refractivity contribution in [2.45, 2.75) is 33.3 Å². The van der Waals surface area contributed by atoms with Gasteiger partial charge in [-0.3, -0.25) is 4.79 Å². The van der Waals surface area contributed by atoms with Crippen LogP contribution in [-0.2, 0) is 9.53 Å². The smallest absolute Gasteiger partial charge is 0.309 e. The van der Waals surface area contributed by atoms with E-state index in [1.165, 1.54) is 0 Å². The van der Waals surface area contributed by atoms with Crippen molar-refractivity contribution in [1.82, 2.24) is 0 Å². The van der Waals surface area contributed by atoms with Gasteiger partial charge in [0.05, 0.1) is 11.5 Å². The molecule has 0 bridgehead atoms. The molecular formula is C15H22O3. The normalized spacial score (nSPS) is 29.3. The fraction of sp³-hybridized carbons (Fsp3) is 0.533. The van der Waals surface area contributed by atoms with Gasteiger partial charge in [0.1, 0.15) is 0 Å². The average molecular weight is 250 g/mol. The largest absolute Gasteiger partial charge is 0.481 e. The zero-order valence-electron chi connectivity index (χ0n) is 11.3. The first-order valence-corrected chi connectivity index (χ1v) is 6.31. The van der Waals surface area contributed by atoms with Gasteiger partial charge in [-0.1, -0.05) is 30.9 Å². The second-order valence-electron chi connectivity index (χ2n) is 4.90. The van der Waals surface area contributed by atoms with E-state index in [1.807, 2.05) is 32.1 Å². The molecule has 1 aliphatic carbocycles. The number of ether oxygens (including phenoxy) is 1. The monoisotopic (exact) mass is 250 g/mol. The molecule has 18 heavy (non-hydrogen) atoms. The molecule has 0 aliphatic heterocycles. The summed E-state index contributed by atoms with van der Waals surface area (Å²) in [5.74, 6) is -0.647. The van der Waals surface area contributed by atoms with Gasteiger partial charge in [0.2, 0.25) is 0 Å². The van der Waals surface area contributed by atoms with Crippen LogP contribution in [0.15, 0.2) is 36.5 Å². The van der Waals surface area contributed by atoms with Gasteiger partial charge in [0.25, 0.3) is 0 Å². The first-order chi connectivity index (χ1) is 8.45. The Morgan fingerprint density at radius 3 is 2.78 bits per heavy atom. The maximum absolute atomic E-state index is 11.1. The van der Waals surface area contributed by atoms with E-state index in [2.05, 4.69) is 6.58 Å². The number of allylic oxidation sites excluding steroid dienone is 4. The van der Waals surface area contributed by atoms with Crippen LogP contribution in [0.25, 0.3) is 0 Å². The fourth-order valence-corrected chi connectivity index (χ4v) is 2.06. The van der Waals surface area contributed by atoms with Gasteiger partial charge in [-0.25, -0.2) is 0 Å². The molecule has 0 aromatic heterocycles. The van der Waals surface area contributed by atoms with E-state index < -0.39 is 11.4 Å². The summed E-state index contributed by atoms with van der Waals surface area (Å²) < 4.78 is 5.38. The Hall–Kier alpha value is -1.35. The number of carboxylic acids is 1. The molecule has 0 radical (unpaired) electrons. The van der Waals surface area contributed by atoms with Crippen LogP contribution in [0, 0.1) is 11.3 Å². The van der Waals surface area contributed by atoms with E-state index in [0.717, 1.165) is 5.57 Å². The first kappa shape index (κ1) is 14.7. The van der Waals surface area contributed by atoms with Gasteiger partial charge in [0.15, 0.2) is 0 Å². The van der Waals surface area contributed by atoms with E-state index in [0.29, 0.717) is 13.0 Å². The van der Waals surface area contributed by atoms with Crippen LogP contribution in [-0.4, -0.2) is 23.8 Å². The van der Waals surface area contributed by atoms with Crippen molar-refractivity contribution < 1.29 is 14.6 Å². The minimum Gasteiger partial charge on any atom is -0.481 e. The lowest BCUT2D eigenvalue weighted by Gasteiger charge is -2.06. The number of rotatable bonds is 7. The molecule has 100 valence electrons. The molecule has 0 amide bonds. The van der Waals surface area contributed by atoms with Gasteiger partial charge in [-0.05, 0) is 32.8 Å². The summed E-state index contributed by atoms with van der Waals surface area (Å²) in [6.07, 6.45) is 8.30. The van der Waals surface area contributed by atoms with Crippen LogP contribution in [0.3, 0.4) is 0 Å². The average Bonchev–Trinajstić information content (AvgIpc) is 2.99. The highest BCUT2D eigenvalue weighted by atomic mass is 16.5. The Morgan fingerprint density at radius 2 is 2.33 bits per heavy atom. The summed E-state index contributed by atoms with van der Waals surface area (Å²) in [6, 6.07) is 0. The molecule has 1 fully saturated rings. The number of aliphatic carboxylic acids is 1. The summed E-state index contributed by atoms with van der Waals surface area (Å²) in [5, 5.41) is 9.11. The Kier molecular flexibility index (Phi) is 4.91. The Balaban J connectivity index is 2.64. The van der Waals surface area contributed by atoms with Gasteiger partial charge in [-0.2, -0.15) is 0 Å². The predicted octanol–water partition coefficient (Wildman–Crippen LogP) is 3.19. The van der Waals surface area contributed by atoms with Crippen LogP contribution in [0.4, 0.5) is 0 Å². The van der Waals surface area contributed by atoms with Crippen LogP contribution in [0.2, 0.25) is 0 Å². The quantitative estimate of drug-likeness (QED) is 0.706. The maximum atomic E-state index is 11.1. The summed E-state index contributed by atoms with van der Waals surface area (Å²) >= 11 is 0. The second kappa shape index (κ2) is 6.01. The lowest BCUT2D eigenvalue weighted by molar-refractivity contribution is -0.143. The van der Waals surface area contributed by atoms with E-state index in [1.54, 1.807) is 13.0 Å². The lowest BCUT2D eigenvalue weighted by Crippen LogP contribution is -2.13. The van der Waals surface area contributed by atoms with E-state index in [-0.39, 0.29) is 12.0 Å². The van der Waals surface area contributed by atoms with Crippen molar-refractivity contribution >= 4 is 5.97 Å². The third-order valence-corrected chi connectivity index (χ3v) is 3.46. The molecule has 0 aromatic carbocycles. The number of hydrogen-bond acceptors (Lipinski definition) is 2. The molecule has 1 N–H and O–H groups in total. The number of carboxylic acid groups (broad SMARTS) is 1. The summed E-state index contributed by atoms with van der Waals surface area (Å²) in [4.78, 5) is 11.1. The van der Waals surface area contributed by atoms with Gasteiger partial charge in [0, 0.05) is 12.5 Å². The third-order valence-electron chi connectivity index (χ3n) is 3.46. The van der Waals surface area contributed by atoms with E-state index in [4.69, 9.17) is 9.84 Å². The van der Waals surface area contributed by atoms with Crippen LogP contribution in [0.1, 0.15) is 27.2 Å². The Bertz CT molecular complexity index is 381. The molecule has 0 heterocycles. The predicted molar refractivity (Wildman–Crippen MR) is 72.4 cm³/mol.